The summed E-state index contributed by atoms with van der Waals surface area (Å²) in [6.45, 7) is 11.0. The van der Waals surface area contributed by atoms with Crippen LogP contribution in [-0.2, 0) is 4.79 Å². The van der Waals surface area contributed by atoms with Crippen molar-refractivity contribution < 1.29 is 15.0 Å². The SMILES string of the molecule is C=C1CC2C3C(CC[C@]2(C)C1)[C@@](C)(CCC(O)O)C(=O)C[C@@H]3C. The van der Waals surface area contributed by atoms with Crippen LogP contribution in [0.1, 0.15) is 65.7 Å². The lowest BCUT2D eigenvalue weighted by Gasteiger charge is -2.57. The van der Waals surface area contributed by atoms with Crippen LogP contribution in [0, 0.1) is 34.5 Å². The Hall–Kier alpha value is -0.670. The van der Waals surface area contributed by atoms with Crippen LogP contribution in [0.5, 0.6) is 0 Å². The lowest BCUT2D eigenvalue weighted by Crippen LogP contribution is -2.54. The first-order valence-corrected chi connectivity index (χ1v) is 9.23. The second kappa shape index (κ2) is 5.70. The van der Waals surface area contributed by atoms with Gasteiger partial charge < -0.3 is 10.2 Å². The monoisotopic (exact) mass is 320 g/mol. The number of aliphatic hydroxyl groups is 2. The smallest absolute Gasteiger partial charge is 0.151 e. The molecule has 0 aromatic rings. The standard InChI is InChI=1S/C20H32O3/c1-12-9-15-18-13(2)10-16(21)20(4,8-6-17(22)23)14(18)5-7-19(15,3)11-12/h13-15,17-18,22-23H,1,5-11H2,2-4H3/t13-,14?,15?,18?,19+,20+/m0/s1. The highest BCUT2D eigenvalue weighted by Crippen LogP contribution is 2.64. The predicted molar refractivity (Wildman–Crippen MR) is 90.5 cm³/mol. The van der Waals surface area contributed by atoms with Crippen molar-refractivity contribution in [2.75, 3.05) is 0 Å². The molecule has 23 heavy (non-hydrogen) atoms. The maximum absolute atomic E-state index is 12.8. The number of hydrogen-bond acceptors (Lipinski definition) is 3. The van der Waals surface area contributed by atoms with Gasteiger partial charge in [0.05, 0.1) is 0 Å². The van der Waals surface area contributed by atoms with Crippen molar-refractivity contribution in [2.45, 2.75) is 72.0 Å². The zero-order valence-electron chi connectivity index (χ0n) is 14.8. The van der Waals surface area contributed by atoms with Crippen molar-refractivity contribution in [1.82, 2.24) is 0 Å². The van der Waals surface area contributed by atoms with Gasteiger partial charge in [-0.25, -0.2) is 0 Å². The first kappa shape index (κ1) is 17.2. The normalized spacial score (nSPS) is 46.9. The van der Waals surface area contributed by atoms with Crippen molar-refractivity contribution in [2.24, 2.45) is 34.5 Å². The molecule has 3 unspecified atom stereocenters. The molecule has 3 saturated carbocycles. The molecule has 6 atom stereocenters. The summed E-state index contributed by atoms with van der Waals surface area (Å²) in [5.41, 5.74) is 1.37. The van der Waals surface area contributed by atoms with E-state index in [9.17, 15) is 15.0 Å². The number of Topliss-reactive ketones (excluding diaryl/α,β-unsaturated/α-hetero) is 1. The number of hydrogen-bond donors (Lipinski definition) is 2. The van der Waals surface area contributed by atoms with E-state index in [4.69, 9.17) is 0 Å². The van der Waals surface area contributed by atoms with Gasteiger partial charge >= 0.3 is 0 Å². The molecule has 0 aliphatic heterocycles. The largest absolute Gasteiger partial charge is 0.368 e. The number of allylic oxidation sites excluding steroid dienone is 1. The van der Waals surface area contributed by atoms with E-state index < -0.39 is 6.29 Å². The molecule has 0 amide bonds. The third kappa shape index (κ3) is 2.70. The average molecular weight is 320 g/mol. The molecule has 0 aromatic carbocycles. The van der Waals surface area contributed by atoms with Crippen LogP contribution >= 0.6 is 0 Å². The van der Waals surface area contributed by atoms with Gasteiger partial charge in [-0.2, -0.15) is 0 Å². The van der Waals surface area contributed by atoms with Crippen LogP contribution in [0.4, 0.5) is 0 Å². The van der Waals surface area contributed by atoms with Gasteiger partial charge in [0, 0.05) is 11.8 Å². The fourth-order valence-electron chi connectivity index (χ4n) is 6.32. The number of carbonyl (C=O) groups is 1. The Labute approximate surface area is 140 Å². The molecule has 3 heteroatoms. The number of rotatable bonds is 3. The maximum Gasteiger partial charge on any atom is 0.151 e. The van der Waals surface area contributed by atoms with Gasteiger partial charge in [-0.3, -0.25) is 4.79 Å². The minimum absolute atomic E-state index is 0.300. The Morgan fingerprint density at radius 3 is 2.61 bits per heavy atom. The topological polar surface area (TPSA) is 57.5 Å². The molecule has 0 aromatic heterocycles. The second-order valence-corrected chi connectivity index (χ2v) is 9.16. The highest BCUT2D eigenvalue weighted by atomic mass is 16.5. The van der Waals surface area contributed by atoms with E-state index >= 15 is 0 Å². The summed E-state index contributed by atoms with van der Waals surface area (Å²) in [4.78, 5) is 12.8. The lowest BCUT2D eigenvalue weighted by atomic mass is 9.47. The summed E-state index contributed by atoms with van der Waals surface area (Å²) in [6.07, 6.45) is 4.78. The number of carbonyl (C=O) groups excluding carboxylic acids is 1. The zero-order chi connectivity index (χ0) is 17.0. The van der Waals surface area contributed by atoms with Gasteiger partial charge in [0.25, 0.3) is 0 Å². The highest BCUT2D eigenvalue weighted by molar-refractivity contribution is 5.86. The van der Waals surface area contributed by atoms with Crippen molar-refractivity contribution in [3.05, 3.63) is 12.2 Å². The molecule has 0 radical (unpaired) electrons. The van der Waals surface area contributed by atoms with E-state index in [1.54, 1.807) is 0 Å². The molecule has 2 N–H and O–H groups in total. The van der Waals surface area contributed by atoms with Crippen LogP contribution < -0.4 is 0 Å². The molecule has 3 rings (SSSR count). The lowest BCUT2D eigenvalue weighted by molar-refractivity contribution is -0.152. The van der Waals surface area contributed by atoms with Gasteiger partial charge in [-0.1, -0.05) is 32.9 Å². The molecule has 3 aliphatic carbocycles. The van der Waals surface area contributed by atoms with Crippen molar-refractivity contribution >= 4 is 5.78 Å². The Morgan fingerprint density at radius 2 is 1.96 bits per heavy atom. The van der Waals surface area contributed by atoms with Gasteiger partial charge in [0.15, 0.2) is 6.29 Å². The molecular weight excluding hydrogens is 288 g/mol. The van der Waals surface area contributed by atoms with E-state index in [0.29, 0.717) is 54.1 Å². The van der Waals surface area contributed by atoms with E-state index in [0.717, 1.165) is 19.3 Å². The summed E-state index contributed by atoms with van der Waals surface area (Å²) in [7, 11) is 0. The van der Waals surface area contributed by atoms with Crippen LogP contribution in [0.15, 0.2) is 12.2 Å². The molecular formula is C20H32O3. The Bertz CT molecular complexity index is 511. The summed E-state index contributed by atoms with van der Waals surface area (Å²) in [5, 5.41) is 18.6. The average Bonchev–Trinajstić information content (AvgIpc) is 2.76. The van der Waals surface area contributed by atoms with Crippen LogP contribution in [0.2, 0.25) is 0 Å². The van der Waals surface area contributed by atoms with E-state index in [2.05, 4.69) is 27.4 Å². The fraction of sp³-hybridized carbons (Fsp3) is 0.850. The number of fused-ring (bicyclic) bond motifs is 3. The Kier molecular flexibility index (Phi) is 4.25. The highest BCUT2D eigenvalue weighted by Gasteiger charge is 2.59. The maximum atomic E-state index is 12.8. The first-order valence-electron chi connectivity index (χ1n) is 9.23. The van der Waals surface area contributed by atoms with Gasteiger partial charge in [-0.05, 0) is 67.6 Å². The minimum atomic E-state index is -1.31. The molecule has 0 heterocycles. The fourth-order valence-corrected chi connectivity index (χ4v) is 6.32. The number of ketones is 1. The zero-order valence-corrected chi connectivity index (χ0v) is 14.8. The van der Waals surface area contributed by atoms with Gasteiger partial charge in [0.2, 0.25) is 0 Å². The Morgan fingerprint density at radius 1 is 1.26 bits per heavy atom. The summed E-state index contributed by atoms with van der Waals surface area (Å²) >= 11 is 0. The third-order valence-electron chi connectivity index (χ3n) is 7.55. The van der Waals surface area contributed by atoms with Crippen molar-refractivity contribution in [3.8, 4) is 0 Å². The van der Waals surface area contributed by atoms with Gasteiger partial charge in [0.1, 0.15) is 5.78 Å². The Balaban J connectivity index is 1.91. The van der Waals surface area contributed by atoms with Crippen LogP contribution in [0.3, 0.4) is 0 Å². The van der Waals surface area contributed by atoms with Crippen LogP contribution in [-0.4, -0.2) is 22.3 Å². The summed E-state index contributed by atoms with van der Waals surface area (Å²) < 4.78 is 0. The molecule has 0 bridgehead atoms. The van der Waals surface area contributed by atoms with Crippen LogP contribution in [0.25, 0.3) is 0 Å². The molecule has 3 aliphatic rings. The van der Waals surface area contributed by atoms with Crippen molar-refractivity contribution in [3.63, 3.8) is 0 Å². The summed E-state index contributed by atoms with van der Waals surface area (Å²) in [5.74, 6) is 2.39. The molecule has 0 spiro atoms. The quantitative estimate of drug-likeness (QED) is 0.616. The van der Waals surface area contributed by atoms with E-state index in [-0.39, 0.29) is 5.41 Å². The van der Waals surface area contributed by atoms with Gasteiger partial charge in [-0.15, -0.1) is 0 Å². The van der Waals surface area contributed by atoms with E-state index in [1.165, 1.54) is 12.0 Å². The first-order chi connectivity index (χ1) is 10.7. The molecule has 3 fully saturated rings. The second-order valence-electron chi connectivity index (χ2n) is 9.16. The molecule has 0 saturated heterocycles. The molecule has 3 nitrogen and oxygen atoms in total. The third-order valence-corrected chi connectivity index (χ3v) is 7.55. The van der Waals surface area contributed by atoms with Crippen molar-refractivity contribution in [1.29, 1.82) is 0 Å². The predicted octanol–water partition coefficient (Wildman–Crippen LogP) is 3.69. The summed E-state index contributed by atoms with van der Waals surface area (Å²) in [6, 6.07) is 0. The van der Waals surface area contributed by atoms with E-state index in [1.807, 2.05) is 0 Å². The molecule has 130 valence electrons. The minimum Gasteiger partial charge on any atom is -0.368 e. The number of aliphatic hydroxyl groups excluding tert-OH is 1.